The standard InChI is InChI=1S/C9H11N3O5/c10-4-1-5-17-9-3-2-7(11(13)14)6-8(9)12(15)16/h2-3,6H,1,4-5,10H2. The predicted octanol–water partition coefficient (Wildman–Crippen LogP) is 1.23. The van der Waals surface area contributed by atoms with Crippen molar-refractivity contribution >= 4 is 11.4 Å². The number of nitrogens with two attached hydrogens (primary N) is 1. The predicted molar refractivity (Wildman–Crippen MR) is 58.9 cm³/mol. The molecule has 17 heavy (non-hydrogen) atoms. The van der Waals surface area contributed by atoms with Crippen molar-refractivity contribution in [3.63, 3.8) is 0 Å². The van der Waals surface area contributed by atoms with E-state index < -0.39 is 15.5 Å². The summed E-state index contributed by atoms with van der Waals surface area (Å²) in [5.41, 5.74) is 4.49. The molecule has 0 spiro atoms. The van der Waals surface area contributed by atoms with E-state index in [0.29, 0.717) is 13.0 Å². The number of rotatable bonds is 6. The van der Waals surface area contributed by atoms with Crippen LogP contribution in [-0.4, -0.2) is 23.0 Å². The van der Waals surface area contributed by atoms with Gasteiger partial charge in [-0.05, 0) is 19.0 Å². The van der Waals surface area contributed by atoms with Gasteiger partial charge in [0.05, 0.1) is 22.5 Å². The third-order valence-corrected chi connectivity index (χ3v) is 1.96. The number of benzene rings is 1. The zero-order valence-electron chi connectivity index (χ0n) is 8.87. The molecule has 0 radical (unpaired) electrons. The van der Waals surface area contributed by atoms with Gasteiger partial charge in [-0.25, -0.2) is 0 Å². The summed E-state index contributed by atoms with van der Waals surface area (Å²) in [4.78, 5) is 19.8. The van der Waals surface area contributed by atoms with E-state index in [1.165, 1.54) is 6.07 Å². The number of hydrogen-bond donors (Lipinski definition) is 1. The fourth-order valence-corrected chi connectivity index (χ4v) is 1.15. The Morgan fingerprint density at radius 1 is 1.24 bits per heavy atom. The SMILES string of the molecule is NCCCOc1ccc([N+](=O)[O-])cc1[N+](=O)[O-]. The molecule has 0 aliphatic heterocycles. The van der Waals surface area contributed by atoms with E-state index in [1.54, 1.807) is 0 Å². The Hall–Kier alpha value is -2.22. The molecule has 0 fully saturated rings. The smallest absolute Gasteiger partial charge is 0.317 e. The molecule has 0 heterocycles. The van der Waals surface area contributed by atoms with E-state index >= 15 is 0 Å². The summed E-state index contributed by atoms with van der Waals surface area (Å²) in [5.74, 6) is 0.00838. The minimum Gasteiger partial charge on any atom is -0.487 e. The molecule has 0 aliphatic carbocycles. The zero-order chi connectivity index (χ0) is 12.8. The van der Waals surface area contributed by atoms with Gasteiger partial charge in [-0.1, -0.05) is 0 Å². The number of hydrogen-bond acceptors (Lipinski definition) is 6. The van der Waals surface area contributed by atoms with Crippen molar-refractivity contribution in [1.29, 1.82) is 0 Å². The monoisotopic (exact) mass is 241 g/mol. The summed E-state index contributed by atoms with van der Waals surface area (Å²) < 4.78 is 5.13. The normalized spacial score (nSPS) is 9.94. The molecule has 8 nitrogen and oxygen atoms in total. The number of nitro benzene ring substituents is 2. The van der Waals surface area contributed by atoms with Crippen LogP contribution in [0.5, 0.6) is 5.75 Å². The van der Waals surface area contributed by atoms with E-state index in [4.69, 9.17) is 10.5 Å². The van der Waals surface area contributed by atoms with Crippen molar-refractivity contribution in [2.24, 2.45) is 5.73 Å². The first-order chi connectivity index (χ1) is 8.06. The average Bonchev–Trinajstić information content (AvgIpc) is 2.29. The van der Waals surface area contributed by atoms with Crippen LogP contribution < -0.4 is 10.5 Å². The van der Waals surface area contributed by atoms with Crippen LogP contribution in [0.2, 0.25) is 0 Å². The number of nitro groups is 2. The van der Waals surface area contributed by atoms with Gasteiger partial charge in [-0.2, -0.15) is 0 Å². The molecule has 1 aromatic rings. The molecule has 0 amide bonds. The molecular weight excluding hydrogens is 230 g/mol. The van der Waals surface area contributed by atoms with Crippen LogP contribution in [0.25, 0.3) is 0 Å². The highest BCUT2D eigenvalue weighted by atomic mass is 16.6. The van der Waals surface area contributed by atoms with E-state index in [-0.39, 0.29) is 18.0 Å². The Morgan fingerprint density at radius 2 is 1.94 bits per heavy atom. The maximum Gasteiger partial charge on any atom is 0.317 e. The summed E-state index contributed by atoms with van der Waals surface area (Å²) in [6.07, 6.45) is 0.550. The van der Waals surface area contributed by atoms with Crippen LogP contribution >= 0.6 is 0 Å². The Bertz CT molecular complexity index is 435. The lowest BCUT2D eigenvalue weighted by molar-refractivity contribution is -0.394. The first-order valence-corrected chi connectivity index (χ1v) is 4.82. The highest BCUT2D eigenvalue weighted by Crippen LogP contribution is 2.30. The molecule has 0 unspecified atom stereocenters. The second-order valence-electron chi connectivity index (χ2n) is 3.16. The molecular formula is C9H11N3O5. The summed E-state index contributed by atoms with van der Waals surface area (Å²) in [5, 5.41) is 21.2. The highest BCUT2D eigenvalue weighted by molar-refractivity contribution is 5.53. The van der Waals surface area contributed by atoms with Crippen molar-refractivity contribution in [1.82, 2.24) is 0 Å². The molecule has 0 saturated carbocycles. The molecule has 1 rings (SSSR count). The van der Waals surface area contributed by atoms with Crippen LogP contribution in [0.1, 0.15) is 6.42 Å². The molecule has 0 bridgehead atoms. The third-order valence-electron chi connectivity index (χ3n) is 1.96. The van der Waals surface area contributed by atoms with Gasteiger partial charge in [0.1, 0.15) is 0 Å². The molecule has 92 valence electrons. The van der Waals surface area contributed by atoms with Crippen LogP contribution in [0.3, 0.4) is 0 Å². The summed E-state index contributed by atoms with van der Waals surface area (Å²) in [6, 6.07) is 3.25. The van der Waals surface area contributed by atoms with Gasteiger partial charge in [0.25, 0.3) is 5.69 Å². The second kappa shape index (κ2) is 5.75. The highest BCUT2D eigenvalue weighted by Gasteiger charge is 2.20. The maximum atomic E-state index is 10.7. The number of ether oxygens (including phenoxy) is 1. The largest absolute Gasteiger partial charge is 0.487 e. The lowest BCUT2D eigenvalue weighted by atomic mass is 10.2. The fourth-order valence-electron chi connectivity index (χ4n) is 1.15. The van der Waals surface area contributed by atoms with Gasteiger partial charge >= 0.3 is 5.69 Å². The summed E-state index contributed by atoms with van der Waals surface area (Å²) in [7, 11) is 0. The van der Waals surface area contributed by atoms with Crippen molar-refractivity contribution < 1.29 is 14.6 Å². The van der Waals surface area contributed by atoms with Crippen LogP contribution in [0.4, 0.5) is 11.4 Å². The van der Waals surface area contributed by atoms with Gasteiger partial charge in [-0.15, -0.1) is 0 Å². The van der Waals surface area contributed by atoms with Crippen molar-refractivity contribution in [2.45, 2.75) is 6.42 Å². The Kier molecular flexibility index (Phi) is 4.35. The second-order valence-corrected chi connectivity index (χ2v) is 3.16. The van der Waals surface area contributed by atoms with E-state index in [0.717, 1.165) is 12.1 Å². The van der Waals surface area contributed by atoms with Gasteiger partial charge in [-0.3, -0.25) is 20.2 Å². The van der Waals surface area contributed by atoms with E-state index in [1.807, 2.05) is 0 Å². The van der Waals surface area contributed by atoms with Gasteiger partial charge < -0.3 is 10.5 Å². The van der Waals surface area contributed by atoms with E-state index in [2.05, 4.69) is 0 Å². The molecule has 8 heteroatoms. The van der Waals surface area contributed by atoms with Gasteiger partial charge in [0.2, 0.25) is 0 Å². The lowest BCUT2D eigenvalue weighted by Crippen LogP contribution is -2.07. The van der Waals surface area contributed by atoms with Crippen molar-refractivity contribution in [3.05, 3.63) is 38.4 Å². The minimum absolute atomic E-state index is 0.00838. The van der Waals surface area contributed by atoms with Crippen molar-refractivity contribution in [2.75, 3.05) is 13.2 Å². The third kappa shape index (κ3) is 3.38. The Labute approximate surface area is 96.3 Å². The molecule has 0 aromatic heterocycles. The molecule has 0 saturated heterocycles. The van der Waals surface area contributed by atoms with Crippen LogP contribution in [0.15, 0.2) is 18.2 Å². The fraction of sp³-hybridized carbons (Fsp3) is 0.333. The van der Waals surface area contributed by atoms with Gasteiger partial charge in [0, 0.05) is 6.07 Å². The summed E-state index contributed by atoms with van der Waals surface area (Å²) in [6.45, 7) is 0.635. The number of nitrogens with zero attached hydrogens (tertiary/aromatic N) is 2. The van der Waals surface area contributed by atoms with Gasteiger partial charge in [0.15, 0.2) is 5.75 Å². The zero-order valence-corrected chi connectivity index (χ0v) is 8.87. The quantitative estimate of drug-likeness (QED) is 0.454. The minimum atomic E-state index is -0.717. The first-order valence-electron chi connectivity index (χ1n) is 4.82. The average molecular weight is 241 g/mol. The van der Waals surface area contributed by atoms with Crippen LogP contribution in [0, 0.1) is 20.2 Å². The molecule has 0 aliphatic rings. The lowest BCUT2D eigenvalue weighted by Gasteiger charge is -2.05. The molecule has 0 atom stereocenters. The van der Waals surface area contributed by atoms with Crippen LogP contribution in [-0.2, 0) is 0 Å². The Balaban J connectivity index is 2.96. The number of non-ortho nitro benzene ring substituents is 1. The van der Waals surface area contributed by atoms with Crippen molar-refractivity contribution in [3.8, 4) is 5.75 Å². The summed E-state index contributed by atoms with van der Waals surface area (Å²) >= 11 is 0. The first kappa shape index (κ1) is 12.8. The Morgan fingerprint density at radius 3 is 2.47 bits per heavy atom. The van der Waals surface area contributed by atoms with E-state index in [9.17, 15) is 20.2 Å². The maximum absolute atomic E-state index is 10.7. The molecule has 1 aromatic carbocycles. The topological polar surface area (TPSA) is 122 Å². The molecule has 2 N–H and O–H groups in total.